The summed E-state index contributed by atoms with van der Waals surface area (Å²) in [6, 6.07) is 3.21. The molecule has 0 atom stereocenters. The van der Waals surface area contributed by atoms with Crippen LogP contribution >= 0.6 is 0 Å². The van der Waals surface area contributed by atoms with Gasteiger partial charge in [0.15, 0.2) is 0 Å². The molecular formula is C17H20N4O5S2. The van der Waals surface area contributed by atoms with Crippen LogP contribution in [0.3, 0.4) is 0 Å². The molecule has 0 spiro atoms. The van der Waals surface area contributed by atoms with Crippen LogP contribution in [0.5, 0.6) is 0 Å². The zero-order chi connectivity index (χ0) is 20.9. The first-order valence-electron chi connectivity index (χ1n) is 8.22. The van der Waals surface area contributed by atoms with Crippen LogP contribution in [-0.2, 0) is 20.0 Å². The molecule has 28 heavy (non-hydrogen) atoms. The number of nitrogens with zero attached hydrogens (tertiary/aromatic N) is 2. The van der Waals surface area contributed by atoms with Gasteiger partial charge >= 0.3 is 0 Å². The second-order valence-electron chi connectivity index (χ2n) is 6.66. The summed E-state index contributed by atoms with van der Waals surface area (Å²) in [6.07, 6.45) is 2.35. The average Bonchev–Trinajstić information content (AvgIpc) is 2.90. The fourth-order valence-corrected chi connectivity index (χ4v) is 5.33. The number of anilines is 2. The Morgan fingerprint density at radius 2 is 1.64 bits per heavy atom. The van der Waals surface area contributed by atoms with Crippen molar-refractivity contribution in [3.63, 3.8) is 0 Å². The van der Waals surface area contributed by atoms with Crippen LogP contribution in [0, 0.1) is 27.7 Å². The highest BCUT2D eigenvalue weighted by Gasteiger charge is 2.24. The number of hydrogen-bond acceptors (Lipinski definition) is 7. The second kappa shape index (κ2) is 6.74. The molecule has 2 heterocycles. The molecule has 11 heteroatoms. The summed E-state index contributed by atoms with van der Waals surface area (Å²) in [5, 5.41) is 4.39. The normalized spacial score (nSPS) is 12.3. The Labute approximate surface area is 163 Å². The van der Waals surface area contributed by atoms with E-state index in [9.17, 15) is 16.8 Å². The number of pyridine rings is 1. The van der Waals surface area contributed by atoms with E-state index < -0.39 is 20.0 Å². The van der Waals surface area contributed by atoms with Crippen molar-refractivity contribution >= 4 is 42.5 Å². The van der Waals surface area contributed by atoms with Gasteiger partial charge in [-0.25, -0.2) is 21.8 Å². The summed E-state index contributed by atoms with van der Waals surface area (Å²) in [5.74, 6) is 0. The molecule has 0 unspecified atom stereocenters. The lowest BCUT2D eigenvalue weighted by atomic mass is 10.1. The number of fused-ring (bicyclic) bond motifs is 1. The van der Waals surface area contributed by atoms with Crippen molar-refractivity contribution in [1.82, 2.24) is 10.1 Å². The standard InChI is InChI=1S/C17H20N4O5S2/c1-9-6-10(2)16(11(3)15(9)21-27(5,22)23)28(24,25)20-13-7-14-12(4)19-26-17(14)18-8-13/h6-8,20-21H,1-5H3. The average molecular weight is 425 g/mol. The van der Waals surface area contributed by atoms with Gasteiger partial charge in [0.1, 0.15) is 0 Å². The molecule has 9 nitrogen and oxygen atoms in total. The number of nitrogens with one attached hydrogen (secondary N) is 2. The topological polar surface area (TPSA) is 131 Å². The first-order chi connectivity index (χ1) is 12.9. The lowest BCUT2D eigenvalue weighted by Gasteiger charge is -2.18. The maximum atomic E-state index is 13.1. The van der Waals surface area contributed by atoms with Gasteiger partial charge in [0.25, 0.3) is 15.7 Å². The number of rotatable bonds is 5. The summed E-state index contributed by atoms with van der Waals surface area (Å²) < 4.78 is 59.4. The van der Waals surface area contributed by atoms with Crippen molar-refractivity contribution in [3.8, 4) is 0 Å². The summed E-state index contributed by atoms with van der Waals surface area (Å²) in [5.41, 5.74) is 2.83. The molecule has 0 aliphatic rings. The maximum absolute atomic E-state index is 13.1. The fourth-order valence-electron chi connectivity index (χ4n) is 3.13. The lowest BCUT2D eigenvalue weighted by Crippen LogP contribution is -2.19. The van der Waals surface area contributed by atoms with Crippen LogP contribution < -0.4 is 9.44 Å². The molecule has 0 radical (unpaired) electrons. The van der Waals surface area contributed by atoms with Crippen molar-refractivity contribution in [2.45, 2.75) is 32.6 Å². The first-order valence-corrected chi connectivity index (χ1v) is 11.6. The van der Waals surface area contributed by atoms with Crippen molar-refractivity contribution < 1.29 is 21.4 Å². The van der Waals surface area contributed by atoms with E-state index in [-0.39, 0.29) is 16.3 Å². The number of aromatic nitrogens is 2. The molecule has 2 aromatic heterocycles. The summed E-state index contributed by atoms with van der Waals surface area (Å²) >= 11 is 0. The Hall–Kier alpha value is -2.66. The maximum Gasteiger partial charge on any atom is 0.262 e. The third kappa shape index (κ3) is 3.80. The van der Waals surface area contributed by atoms with Gasteiger partial charge in [0.2, 0.25) is 10.0 Å². The quantitative estimate of drug-likeness (QED) is 0.643. The first kappa shape index (κ1) is 20.1. The lowest BCUT2D eigenvalue weighted by molar-refractivity contribution is 0.443. The molecular weight excluding hydrogens is 404 g/mol. The van der Waals surface area contributed by atoms with Gasteiger partial charge in [-0.05, 0) is 50.5 Å². The van der Waals surface area contributed by atoms with Gasteiger partial charge in [0, 0.05) is 0 Å². The fraction of sp³-hybridized carbons (Fsp3) is 0.294. The van der Waals surface area contributed by atoms with Crippen molar-refractivity contribution in [2.24, 2.45) is 0 Å². The zero-order valence-corrected chi connectivity index (χ0v) is 17.6. The predicted molar refractivity (Wildman–Crippen MR) is 106 cm³/mol. The third-order valence-electron chi connectivity index (χ3n) is 4.22. The Morgan fingerprint density at radius 1 is 0.964 bits per heavy atom. The largest absolute Gasteiger partial charge is 0.336 e. The smallest absolute Gasteiger partial charge is 0.262 e. The van der Waals surface area contributed by atoms with E-state index in [1.165, 1.54) is 6.20 Å². The molecule has 0 fully saturated rings. The van der Waals surface area contributed by atoms with Crippen LogP contribution in [0.15, 0.2) is 27.7 Å². The van der Waals surface area contributed by atoms with E-state index in [0.29, 0.717) is 33.5 Å². The third-order valence-corrected chi connectivity index (χ3v) is 6.46. The van der Waals surface area contributed by atoms with E-state index in [0.717, 1.165) is 6.26 Å². The Bertz CT molecular complexity index is 1290. The van der Waals surface area contributed by atoms with Gasteiger partial charge in [-0.15, -0.1) is 0 Å². The minimum Gasteiger partial charge on any atom is -0.336 e. The van der Waals surface area contributed by atoms with Gasteiger partial charge in [0.05, 0.1) is 39.8 Å². The zero-order valence-electron chi connectivity index (χ0n) is 16.0. The molecule has 2 N–H and O–H groups in total. The number of hydrogen-bond donors (Lipinski definition) is 2. The molecule has 0 aliphatic carbocycles. The summed E-state index contributed by atoms with van der Waals surface area (Å²) in [4.78, 5) is 4.06. The Morgan fingerprint density at radius 3 is 2.29 bits per heavy atom. The predicted octanol–water partition coefficient (Wildman–Crippen LogP) is 2.63. The molecule has 0 saturated carbocycles. The number of aryl methyl sites for hydroxylation is 3. The summed E-state index contributed by atoms with van der Waals surface area (Å²) in [6.45, 7) is 6.66. The van der Waals surface area contributed by atoms with Gasteiger partial charge in [-0.1, -0.05) is 11.2 Å². The van der Waals surface area contributed by atoms with Gasteiger partial charge < -0.3 is 4.52 Å². The van der Waals surface area contributed by atoms with E-state index in [1.807, 2.05) is 0 Å². The Balaban J connectivity index is 2.10. The highest BCUT2D eigenvalue weighted by atomic mass is 32.2. The summed E-state index contributed by atoms with van der Waals surface area (Å²) in [7, 11) is -7.58. The molecule has 0 aliphatic heterocycles. The minimum absolute atomic E-state index is 0.00591. The van der Waals surface area contributed by atoms with Crippen LogP contribution in [0.4, 0.5) is 11.4 Å². The molecule has 150 valence electrons. The van der Waals surface area contributed by atoms with Gasteiger partial charge in [-0.3, -0.25) is 9.44 Å². The van der Waals surface area contributed by atoms with Crippen LogP contribution in [0.2, 0.25) is 0 Å². The van der Waals surface area contributed by atoms with Crippen LogP contribution in [0.25, 0.3) is 11.1 Å². The molecule has 0 saturated heterocycles. The molecule has 3 rings (SSSR count). The SMILES string of the molecule is Cc1cc(C)c(S(=O)(=O)Nc2cnc3onc(C)c3c2)c(C)c1NS(C)(=O)=O. The van der Waals surface area contributed by atoms with E-state index in [4.69, 9.17) is 4.52 Å². The molecule has 3 aromatic rings. The van der Waals surface area contributed by atoms with Crippen molar-refractivity contribution in [2.75, 3.05) is 15.7 Å². The highest BCUT2D eigenvalue weighted by molar-refractivity contribution is 7.93. The van der Waals surface area contributed by atoms with E-state index in [2.05, 4.69) is 19.6 Å². The van der Waals surface area contributed by atoms with E-state index in [1.54, 1.807) is 39.8 Å². The highest BCUT2D eigenvalue weighted by Crippen LogP contribution is 2.32. The molecule has 0 amide bonds. The molecule has 1 aromatic carbocycles. The second-order valence-corrected chi connectivity index (χ2v) is 10.0. The molecule has 0 bridgehead atoms. The van der Waals surface area contributed by atoms with E-state index >= 15 is 0 Å². The minimum atomic E-state index is -4.01. The number of benzene rings is 1. The van der Waals surface area contributed by atoms with Crippen LogP contribution in [-0.4, -0.2) is 33.2 Å². The monoisotopic (exact) mass is 424 g/mol. The van der Waals surface area contributed by atoms with Gasteiger partial charge in [-0.2, -0.15) is 0 Å². The van der Waals surface area contributed by atoms with Crippen molar-refractivity contribution in [1.29, 1.82) is 0 Å². The van der Waals surface area contributed by atoms with Crippen molar-refractivity contribution in [3.05, 3.63) is 40.7 Å². The Kier molecular flexibility index (Phi) is 4.84. The van der Waals surface area contributed by atoms with Crippen LogP contribution in [0.1, 0.15) is 22.4 Å². The number of sulfonamides is 2.